The molecular formula is C19H24N2O4S. The molecule has 0 aliphatic rings. The van der Waals surface area contributed by atoms with Crippen LogP contribution < -0.4 is 5.48 Å². The SMILES string of the molecule is Cc1ccc(S(=O)(=O)N(Cc2ccccc2)[C@H](C(=O)NO)C(C)C)cc1. The van der Waals surface area contributed by atoms with E-state index in [0.717, 1.165) is 15.4 Å². The van der Waals surface area contributed by atoms with Crippen LogP contribution in [0.25, 0.3) is 0 Å². The maximum atomic E-state index is 13.3. The molecule has 0 heterocycles. The van der Waals surface area contributed by atoms with Gasteiger partial charge in [0.2, 0.25) is 10.0 Å². The predicted octanol–water partition coefficient (Wildman–Crippen LogP) is 2.72. The van der Waals surface area contributed by atoms with Crippen molar-refractivity contribution in [3.8, 4) is 0 Å². The molecule has 0 aliphatic carbocycles. The van der Waals surface area contributed by atoms with Crippen LogP contribution in [0.1, 0.15) is 25.0 Å². The van der Waals surface area contributed by atoms with Crippen molar-refractivity contribution in [3.63, 3.8) is 0 Å². The summed E-state index contributed by atoms with van der Waals surface area (Å²) in [4.78, 5) is 12.4. The van der Waals surface area contributed by atoms with Crippen molar-refractivity contribution in [2.75, 3.05) is 0 Å². The summed E-state index contributed by atoms with van der Waals surface area (Å²) >= 11 is 0. The van der Waals surface area contributed by atoms with E-state index in [4.69, 9.17) is 5.21 Å². The van der Waals surface area contributed by atoms with Gasteiger partial charge in [0.15, 0.2) is 0 Å². The van der Waals surface area contributed by atoms with Gasteiger partial charge in [-0.25, -0.2) is 13.9 Å². The number of hydroxylamine groups is 1. The zero-order chi connectivity index (χ0) is 19.3. The summed E-state index contributed by atoms with van der Waals surface area (Å²) in [6.07, 6.45) is 0. The van der Waals surface area contributed by atoms with Crippen molar-refractivity contribution in [1.82, 2.24) is 9.79 Å². The number of hydrogen-bond donors (Lipinski definition) is 2. The maximum Gasteiger partial charge on any atom is 0.262 e. The van der Waals surface area contributed by atoms with Gasteiger partial charge in [-0.15, -0.1) is 0 Å². The summed E-state index contributed by atoms with van der Waals surface area (Å²) in [5.74, 6) is -1.10. The van der Waals surface area contributed by atoms with Crippen LogP contribution in [-0.2, 0) is 21.4 Å². The number of sulfonamides is 1. The van der Waals surface area contributed by atoms with Gasteiger partial charge in [-0.3, -0.25) is 10.0 Å². The Morgan fingerprint density at radius 3 is 2.15 bits per heavy atom. The lowest BCUT2D eigenvalue weighted by Crippen LogP contribution is -2.51. The molecule has 2 aromatic carbocycles. The van der Waals surface area contributed by atoms with Crippen LogP contribution >= 0.6 is 0 Å². The molecule has 26 heavy (non-hydrogen) atoms. The first-order chi connectivity index (χ1) is 12.3. The number of hydrogen-bond acceptors (Lipinski definition) is 4. The fourth-order valence-electron chi connectivity index (χ4n) is 2.77. The van der Waals surface area contributed by atoms with Crippen molar-refractivity contribution in [3.05, 3.63) is 65.7 Å². The molecule has 0 fully saturated rings. The normalized spacial score (nSPS) is 13.0. The van der Waals surface area contributed by atoms with E-state index in [2.05, 4.69) is 0 Å². The van der Waals surface area contributed by atoms with Crippen molar-refractivity contribution >= 4 is 15.9 Å². The minimum absolute atomic E-state index is 0.0211. The number of carbonyl (C=O) groups excluding carboxylic acids is 1. The Morgan fingerprint density at radius 2 is 1.65 bits per heavy atom. The van der Waals surface area contributed by atoms with Crippen molar-refractivity contribution in [1.29, 1.82) is 0 Å². The van der Waals surface area contributed by atoms with E-state index in [1.165, 1.54) is 12.1 Å². The van der Waals surface area contributed by atoms with Crippen molar-refractivity contribution < 1.29 is 18.4 Å². The lowest BCUT2D eigenvalue weighted by molar-refractivity contribution is -0.134. The molecule has 2 aromatic rings. The van der Waals surface area contributed by atoms with Crippen LogP contribution in [0.4, 0.5) is 0 Å². The molecule has 0 aliphatic heterocycles. The number of nitrogens with zero attached hydrogens (tertiary/aromatic N) is 1. The Balaban J connectivity index is 2.54. The molecule has 2 N–H and O–H groups in total. The third-order valence-electron chi connectivity index (χ3n) is 4.13. The van der Waals surface area contributed by atoms with E-state index in [-0.39, 0.29) is 17.4 Å². The molecule has 7 heteroatoms. The van der Waals surface area contributed by atoms with Gasteiger partial charge in [0.1, 0.15) is 6.04 Å². The number of amides is 1. The average Bonchev–Trinajstić information content (AvgIpc) is 2.62. The van der Waals surface area contributed by atoms with Gasteiger partial charge in [0.05, 0.1) is 4.90 Å². The Kier molecular flexibility index (Phi) is 6.52. The van der Waals surface area contributed by atoms with Crippen LogP contribution in [-0.4, -0.2) is 29.9 Å². The second-order valence-corrected chi connectivity index (χ2v) is 8.40. The summed E-state index contributed by atoms with van der Waals surface area (Å²) in [7, 11) is -3.95. The van der Waals surface area contributed by atoms with Crippen LogP contribution in [0.3, 0.4) is 0 Å². The molecule has 0 aromatic heterocycles. The number of carbonyl (C=O) groups is 1. The lowest BCUT2D eigenvalue weighted by Gasteiger charge is -2.32. The number of aryl methyl sites for hydroxylation is 1. The van der Waals surface area contributed by atoms with Crippen molar-refractivity contribution in [2.45, 2.75) is 38.3 Å². The molecule has 2 rings (SSSR count). The fourth-order valence-corrected chi connectivity index (χ4v) is 4.48. The van der Waals surface area contributed by atoms with Crippen LogP contribution in [0.2, 0.25) is 0 Å². The van der Waals surface area contributed by atoms with Crippen LogP contribution in [0, 0.1) is 12.8 Å². The molecule has 0 saturated heterocycles. The Hall–Kier alpha value is -2.22. The van der Waals surface area contributed by atoms with Crippen LogP contribution in [0.5, 0.6) is 0 Å². The zero-order valence-corrected chi connectivity index (χ0v) is 15.9. The second-order valence-electron chi connectivity index (χ2n) is 6.51. The first-order valence-corrected chi connectivity index (χ1v) is 9.77. The summed E-state index contributed by atoms with van der Waals surface area (Å²) in [5, 5.41) is 9.12. The maximum absolute atomic E-state index is 13.3. The fraction of sp³-hybridized carbons (Fsp3) is 0.316. The molecule has 0 spiro atoms. The molecule has 1 atom stereocenters. The molecule has 0 saturated carbocycles. The highest BCUT2D eigenvalue weighted by atomic mass is 32.2. The molecule has 0 radical (unpaired) electrons. The minimum Gasteiger partial charge on any atom is -0.289 e. The van der Waals surface area contributed by atoms with Gasteiger partial charge in [0, 0.05) is 6.54 Å². The third kappa shape index (κ3) is 4.49. The molecule has 6 nitrogen and oxygen atoms in total. The van der Waals surface area contributed by atoms with E-state index < -0.39 is 22.0 Å². The topological polar surface area (TPSA) is 86.7 Å². The van der Waals surface area contributed by atoms with Gasteiger partial charge in [-0.1, -0.05) is 61.9 Å². The second kappa shape index (κ2) is 8.44. The molecule has 0 bridgehead atoms. The quantitative estimate of drug-likeness (QED) is 0.575. The predicted molar refractivity (Wildman–Crippen MR) is 98.9 cm³/mol. The number of rotatable bonds is 7. The monoisotopic (exact) mass is 376 g/mol. The summed E-state index contributed by atoms with van der Waals surface area (Å²) in [5.41, 5.74) is 3.29. The molecule has 140 valence electrons. The smallest absolute Gasteiger partial charge is 0.262 e. The molecule has 1 amide bonds. The summed E-state index contributed by atoms with van der Waals surface area (Å²) in [6.45, 7) is 5.37. The van der Waals surface area contributed by atoms with E-state index in [0.29, 0.717) is 0 Å². The summed E-state index contributed by atoms with van der Waals surface area (Å²) in [6, 6.07) is 14.5. The Morgan fingerprint density at radius 1 is 1.08 bits per heavy atom. The molecule has 0 unspecified atom stereocenters. The average molecular weight is 376 g/mol. The third-order valence-corrected chi connectivity index (χ3v) is 5.97. The zero-order valence-electron chi connectivity index (χ0n) is 15.1. The first-order valence-electron chi connectivity index (χ1n) is 8.33. The van der Waals surface area contributed by atoms with Gasteiger partial charge < -0.3 is 0 Å². The largest absolute Gasteiger partial charge is 0.289 e. The van der Waals surface area contributed by atoms with Gasteiger partial charge in [0.25, 0.3) is 5.91 Å². The first kappa shape index (κ1) is 20.1. The summed E-state index contributed by atoms with van der Waals surface area (Å²) < 4.78 is 27.7. The number of benzene rings is 2. The Labute approximate surface area is 154 Å². The van der Waals surface area contributed by atoms with Crippen molar-refractivity contribution in [2.24, 2.45) is 5.92 Å². The van der Waals surface area contributed by atoms with E-state index >= 15 is 0 Å². The molecular weight excluding hydrogens is 352 g/mol. The minimum atomic E-state index is -3.95. The van der Waals surface area contributed by atoms with Gasteiger partial charge in [-0.05, 0) is 30.5 Å². The van der Waals surface area contributed by atoms with Gasteiger partial charge >= 0.3 is 0 Å². The van der Waals surface area contributed by atoms with Gasteiger partial charge in [-0.2, -0.15) is 4.31 Å². The van der Waals surface area contributed by atoms with E-state index in [1.807, 2.05) is 25.1 Å². The highest BCUT2D eigenvalue weighted by Crippen LogP contribution is 2.25. The van der Waals surface area contributed by atoms with Crippen LogP contribution in [0.15, 0.2) is 59.5 Å². The standard InChI is InChI=1S/C19H24N2O4S/c1-14(2)18(19(22)20-23)21(13-16-7-5-4-6-8-16)26(24,25)17-11-9-15(3)10-12-17/h4-12,14,18,23H,13H2,1-3H3,(H,20,22)/t18-/m0/s1. The highest BCUT2D eigenvalue weighted by molar-refractivity contribution is 7.89. The van der Waals surface area contributed by atoms with E-state index in [1.54, 1.807) is 43.6 Å². The Bertz CT molecular complexity index is 834. The lowest BCUT2D eigenvalue weighted by atomic mass is 10.0. The number of nitrogens with one attached hydrogen (secondary N) is 1. The highest BCUT2D eigenvalue weighted by Gasteiger charge is 2.37. The van der Waals surface area contributed by atoms with E-state index in [9.17, 15) is 13.2 Å².